The SMILES string of the molecule is CCCC1=C([Si](CC)(c2ccccc2)c2ccccc2)C([Si](C)(C)C)=C([Si](C)(C)C)[Si]1([Si](C)(C)C)[Si](C)(C)C. The summed E-state index contributed by atoms with van der Waals surface area (Å²) in [7, 11) is -10.7. The molecule has 0 N–H and O–H groups in total. The molecular formula is C33H58Si6. The lowest BCUT2D eigenvalue weighted by atomic mass is 10.3. The van der Waals surface area contributed by atoms with Crippen molar-refractivity contribution < 1.29 is 0 Å². The number of rotatable bonds is 10. The molecule has 1 heterocycles. The molecule has 6 heteroatoms. The van der Waals surface area contributed by atoms with Gasteiger partial charge in [0.05, 0.1) is 23.3 Å². The molecule has 0 radical (unpaired) electrons. The van der Waals surface area contributed by atoms with Crippen molar-refractivity contribution in [2.75, 3.05) is 0 Å². The minimum Gasteiger partial charge on any atom is -0.0914 e. The summed E-state index contributed by atoms with van der Waals surface area (Å²) in [4.78, 5) is 2.17. The van der Waals surface area contributed by atoms with E-state index < -0.39 is 46.5 Å². The molecular weight excluding hydrogens is 565 g/mol. The first kappa shape index (κ1) is 32.7. The molecule has 0 spiro atoms. The Morgan fingerprint density at radius 2 is 0.949 bits per heavy atom. The maximum atomic E-state index is 2.80. The Hall–Kier alpha value is -0.779. The summed E-state index contributed by atoms with van der Waals surface area (Å²) in [6, 6.07) is 25.1. The molecule has 0 nitrogen and oxygen atoms in total. The minimum absolute atomic E-state index is 1.25. The Morgan fingerprint density at radius 3 is 1.23 bits per heavy atom. The second kappa shape index (κ2) is 11.1. The first-order valence-electron chi connectivity index (χ1n) is 15.4. The first-order valence-corrected chi connectivity index (χ1v) is 35.6. The number of hydrogen-bond donors (Lipinski definition) is 0. The van der Waals surface area contributed by atoms with Crippen LogP contribution < -0.4 is 10.4 Å². The third-order valence-electron chi connectivity index (χ3n) is 9.37. The van der Waals surface area contributed by atoms with Gasteiger partial charge in [0.1, 0.15) is 8.07 Å². The molecule has 0 aliphatic carbocycles. The fraction of sp³-hybridized carbons (Fsp3) is 0.515. The van der Waals surface area contributed by atoms with Crippen LogP contribution in [-0.2, 0) is 0 Å². The second-order valence-electron chi connectivity index (χ2n) is 16.1. The van der Waals surface area contributed by atoms with Gasteiger partial charge in [0.15, 0.2) is 0 Å². The van der Waals surface area contributed by atoms with Crippen LogP contribution in [0.25, 0.3) is 0 Å². The lowest BCUT2D eigenvalue weighted by molar-refractivity contribution is 0.938. The quantitative estimate of drug-likeness (QED) is 0.232. The van der Waals surface area contributed by atoms with E-state index in [2.05, 4.69) is 163 Å². The summed E-state index contributed by atoms with van der Waals surface area (Å²) in [5.74, 6) is 0. The number of benzene rings is 2. The zero-order valence-corrected chi connectivity index (χ0v) is 33.9. The van der Waals surface area contributed by atoms with Crippen LogP contribution in [0.5, 0.6) is 0 Å². The molecule has 1 aliphatic rings. The first-order chi connectivity index (χ1) is 17.8. The summed E-state index contributed by atoms with van der Waals surface area (Å²) in [6.45, 7) is 38.2. The molecule has 0 unspecified atom stereocenters. The van der Waals surface area contributed by atoms with E-state index in [0.717, 1.165) is 0 Å². The highest BCUT2D eigenvalue weighted by Gasteiger charge is 2.67. The van der Waals surface area contributed by atoms with E-state index in [-0.39, 0.29) is 0 Å². The van der Waals surface area contributed by atoms with Crippen molar-refractivity contribution in [1.82, 2.24) is 0 Å². The van der Waals surface area contributed by atoms with Crippen molar-refractivity contribution >= 4 is 56.9 Å². The average molecular weight is 623 g/mol. The van der Waals surface area contributed by atoms with E-state index in [4.69, 9.17) is 0 Å². The number of hydrogen-bond acceptors (Lipinski definition) is 0. The van der Waals surface area contributed by atoms with Crippen LogP contribution in [0, 0.1) is 0 Å². The highest BCUT2D eigenvalue weighted by atomic mass is 29.6. The zero-order chi connectivity index (χ0) is 29.7. The highest BCUT2D eigenvalue weighted by molar-refractivity contribution is 7.75. The normalized spacial score (nSPS) is 17.3. The van der Waals surface area contributed by atoms with Gasteiger partial charge in [-0.05, 0) is 22.8 Å². The van der Waals surface area contributed by atoms with Crippen molar-refractivity contribution in [1.29, 1.82) is 0 Å². The molecule has 214 valence electrons. The van der Waals surface area contributed by atoms with Crippen LogP contribution in [0.3, 0.4) is 0 Å². The van der Waals surface area contributed by atoms with Crippen LogP contribution in [0.1, 0.15) is 26.7 Å². The summed E-state index contributed by atoms with van der Waals surface area (Å²) >= 11 is 0. The zero-order valence-electron chi connectivity index (χ0n) is 27.9. The van der Waals surface area contributed by atoms with Crippen molar-refractivity contribution in [2.45, 2.75) is 111 Å². The summed E-state index contributed by atoms with van der Waals surface area (Å²) in [5.41, 5.74) is 0. The van der Waals surface area contributed by atoms with Crippen molar-refractivity contribution in [3.05, 3.63) is 81.1 Å². The summed E-state index contributed by atoms with van der Waals surface area (Å²) in [6.07, 6.45) is 2.60. The van der Waals surface area contributed by atoms with Crippen molar-refractivity contribution in [2.24, 2.45) is 0 Å². The lowest BCUT2D eigenvalue weighted by Crippen LogP contribution is -2.76. The molecule has 3 rings (SSSR count). The fourth-order valence-corrected chi connectivity index (χ4v) is 90.0. The molecule has 2 aromatic carbocycles. The van der Waals surface area contributed by atoms with Crippen LogP contribution in [0.4, 0.5) is 0 Å². The van der Waals surface area contributed by atoms with Crippen LogP contribution in [-0.4, -0.2) is 46.5 Å². The van der Waals surface area contributed by atoms with Gasteiger partial charge in [-0.25, -0.2) is 0 Å². The smallest absolute Gasteiger partial charge is 0.0914 e. The molecule has 39 heavy (non-hydrogen) atoms. The summed E-state index contributed by atoms with van der Waals surface area (Å²) < 4.78 is 0. The van der Waals surface area contributed by atoms with E-state index >= 15 is 0 Å². The standard InChI is InChI=1S/C33H58Si6/c1-15-23-30-31(38(16-2,28-24-19-17-20-25-28)29-26-21-18-22-27-29)32(34(3,4)5)33(35(6,7)8)39(30,36(9,10)11)37(12,13)14/h17-22,24-27H,15-16,23H2,1-14H3. The van der Waals surface area contributed by atoms with Crippen LogP contribution >= 0.6 is 0 Å². The average Bonchev–Trinajstić information content (AvgIpc) is 3.15. The Bertz CT molecular complexity index is 1160. The Morgan fingerprint density at radius 1 is 0.538 bits per heavy atom. The van der Waals surface area contributed by atoms with Gasteiger partial charge in [-0.2, -0.15) is 0 Å². The van der Waals surface area contributed by atoms with Gasteiger partial charge in [0.25, 0.3) is 0 Å². The van der Waals surface area contributed by atoms with Gasteiger partial charge < -0.3 is 0 Å². The molecule has 0 saturated carbocycles. The van der Waals surface area contributed by atoms with E-state index in [0.29, 0.717) is 0 Å². The molecule has 2 aromatic rings. The fourth-order valence-electron chi connectivity index (χ4n) is 8.79. The molecule has 0 aromatic heterocycles. The Kier molecular flexibility index (Phi) is 9.35. The molecule has 0 fully saturated rings. The maximum Gasteiger partial charge on any atom is 0.147 e. The van der Waals surface area contributed by atoms with E-state index in [1.54, 1.807) is 10.4 Å². The molecule has 1 aliphatic heterocycles. The van der Waals surface area contributed by atoms with Gasteiger partial charge >= 0.3 is 0 Å². The Labute approximate surface area is 248 Å². The molecule has 0 bridgehead atoms. The van der Waals surface area contributed by atoms with Gasteiger partial charge in [-0.15, -0.1) is 0 Å². The Balaban J connectivity index is 2.83. The third kappa shape index (κ3) is 5.31. The topological polar surface area (TPSA) is 0 Å². The number of allylic oxidation sites excluding steroid dienone is 3. The molecule has 0 amide bonds. The van der Waals surface area contributed by atoms with E-state index in [1.165, 1.54) is 18.9 Å². The van der Waals surface area contributed by atoms with Crippen LogP contribution in [0.2, 0.25) is 84.6 Å². The largest absolute Gasteiger partial charge is 0.147 e. The minimum atomic E-state index is -2.27. The predicted octanol–water partition coefficient (Wildman–Crippen LogP) is 9.33. The molecule has 0 atom stereocenters. The predicted molar refractivity (Wildman–Crippen MR) is 196 cm³/mol. The second-order valence-corrected chi connectivity index (χ2v) is 57.4. The lowest BCUT2D eigenvalue weighted by Gasteiger charge is -2.55. The van der Waals surface area contributed by atoms with Gasteiger partial charge in [0, 0.05) is 15.2 Å². The van der Waals surface area contributed by atoms with Crippen molar-refractivity contribution in [3.63, 3.8) is 0 Å². The van der Waals surface area contributed by atoms with E-state index in [1.807, 2.05) is 10.4 Å². The van der Waals surface area contributed by atoms with Crippen molar-refractivity contribution in [3.8, 4) is 0 Å². The maximum absolute atomic E-state index is 2.80. The van der Waals surface area contributed by atoms with Crippen LogP contribution in [0.15, 0.2) is 81.1 Å². The third-order valence-corrected chi connectivity index (χ3v) is 61.3. The highest BCUT2D eigenvalue weighted by Crippen LogP contribution is 2.56. The summed E-state index contributed by atoms with van der Waals surface area (Å²) in [5, 5.41) is 9.35. The van der Waals surface area contributed by atoms with E-state index in [9.17, 15) is 0 Å². The van der Waals surface area contributed by atoms with Gasteiger partial charge in [-0.3, -0.25) is 0 Å². The monoisotopic (exact) mass is 622 g/mol. The molecule has 0 saturated heterocycles. The van der Waals surface area contributed by atoms with Gasteiger partial charge in [0.2, 0.25) is 0 Å². The van der Waals surface area contributed by atoms with Gasteiger partial charge in [-0.1, -0.05) is 180 Å².